The number of nitro benzene ring substituents is 1. The van der Waals surface area contributed by atoms with Crippen molar-refractivity contribution in [1.29, 1.82) is 0 Å². The van der Waals surface area contributed by atoms with Crippen molar-refractivity contribution in [2.24, 2.45) is 5.10 Å². The number of aromatic nitrogens is 2. The fraction of sp³-hybridized carbons (Fsp3) is 0.120. The molecule has 1 amide bonds. The lowest BCUT2D eigenvalue weighted by Crippen LogP contribution is -2.29. The molecule has 0 fully saturated rings. The minimum Gasteiger partial charge on any atom is -0.267 e. The second-order valence-corrected chi connectivity index (χ2v) is 7.74. The van der Waals surface area contributed by atoms with Crippen LogP contribution < -0.4 is 11.0 Å². The number of nitro groups is 1. The number of nitrogens with zero attached hydrogens (tertiary/aromatic N) is 4. The van der Waals surface area contributed by atoms with Crippen LogP contribution in [-0.2, 0) is 6.54 Å². The zero-order chi connectivity index (χ0) is 24.2. The Morgan fingerprint density at radius 2 is 1.74 bits per heavy atom. The van der Waals surface area contributed by atoms with Gasteiger partial charge in [0.2, 0.25) is 0 Å². The molecule has 0 aliphatic carbocycles. The predicted molar refractivity (Wildman–Crippen MR) is 129 cm³/mol. The van der Waals surface area contributed by atoms with Gasteiger partial charge in [-0.15, -0.1) is 0 Å². The summed E-state index contributed by atoms with van der Waals surface area (Å²) in [4.78, 5) is 36.8. The maximum Gasteiger partial charge on any atom is 0.292 e. The summed E-state index contributed by atoms with van der Waals surface area (Å²) in [5.41, 5.74) is 4.48. The monoisotopic (exact) mass is 455 g/mol. The van der Waals surface area contributed by atoms with Crippen molar-refractivity contribution in [2.45, 2.75) is 20.4 Å². The Kier molecular flexibility index (Phi) is 6.26. The van der Waals surface area contributed by atoms with E-state index in [1.54, 1.807) is 50.2 Å². The summed E-state index contributed by atoms with van der Waals surface area (Å²) in [5.74, 6) is -0.598. The number of rotatable bonds is 6. The van der Waals surface area contributed by atoms with Crippen molar-refractivity contribution in [2.75, 3.05) is 0 Å². The van der Waals surface area contributed by atoms with Crippen molar-refractivity contribution in [3.8, 4) is 0 Å². The fourth-order valence-electron chi connectivity index (χ4n) is 3.55. The van der Waals surface area contributed by atoms with Gasteiger partial charge in [0.15, 0.2) is 5.69 Å². The first-order chi connectivity index (χ1) is 16.3. The topological polar surface area (TPSA) is 119 Å². The molecule has 0 radical (unpaired) electrons. The van der Waals surface area contributed by atoms with Gasteiger partial charge in [0.1, 0.15) is 0 Å². The van der Waals surface area contributed by atoms with E-state index in [4.69, 9.17) is 0 Å². The number of hydrazone groups is 1. The molecule has 0 spiro atoms. The van der Waals surface area contributed by atoms with Gasteiger partial charge in [-0.3, -0.25) is 19.7 Å². The molecule has 170 valence electrons. The van der Waals surface area contributed by atoms with Crippen LogP contribution in [0.4, 0.5) is 5.69 Å². The molecule has 0 bridgehead atoms. The van der Waals surface area contributed by atoms with Crippen molar-refractivity contribution in [3.63, 3.8) is 0 Å². The molecule has 0 saturated carbocycles. The molecule has 1 heterocycles. The standard InChI is InChI=1S/C25H21N5O4/c1-16-12-13-19(14-22(16)30(33)34)17(2)26-27-24(31)23-20-10-6-7-11-21(20)25(32)29(28-23)15-18-8-4-3-5-9-18/h3-14H,15H2,1-2H3,(H,27,31). The van der Waals surface area contributed by atoms with Gasteiger partial charge in [0, 0.05) is 22.6 Å². The van der Waals surface area contributed by atoms with E-state index in [1.165, 1.54) is 10.7 Å². The van der Waals surface area contributed by atoms with Crippen LogP contribution in [0.3, 0.4) is 0 Å². The summed E-state index contributed by atoms with van der Waals surface area (Å²) in [5, 5.41) is 20.4. The van der Waals surface area contributed by atoms with Gasteiger partial charge in [0.05, 0.1) is 22.6 Å². The molecular weight excluding hydrogens is 434 g/mol. The van der Waals surface area contributed by atoms with E-state index in [1.807, 2.05) is 30.3 Å². The number of fused-ring (bicyclic) bond motifs is 1. The predicted octanol–water partition coefficient (Wildman–Crippen LogP) is 3.82. The number of aryl methyl sites for hydroxylation is 1. The fourth-order valence-corrected chi connectivity index (χ4v) is 3.55. The molecule has 9 heteroatoms. The largest absolute Gasteiger partial charge is 0.292 e. The van der Waals surface area contributed by atoms with Crippen LogP contribution >= 0.6 is 0 Å². The molecule has 4 aromatic rings. The van der Waals surface area contributed by atoms with Gasteiger partial charge >= 0.3 is 0 Å². The maximum atomic E-state index is 13.0. The van der Waals surface area contributed by atoms with Gasteiger partial charge in [0.25, 0.3) is 17.2 Å². The van der Waals surface area contributed by atoms with Crippen LogP contribution in [0.15, 0.2) is 82.7 Å². The molecule has 3 aromatic carbocycles. The summed E-state index contributed by atoms with van der Waals surface area (Å²) >= 11 is 0. The van der Waals surface area contributed by atoms with Crippen LogP contribution in [0.2, 0.25) is 0 Å². The Morgan fingerprint density at radius 3 is 2.44 bits per heavy atom. The average Bonchev–Trinajstić information content (AvgIpc) is 2.85. The van der Waals surface area contributed by atoms with Crippen molar-refractivity contribution >= 4 is 28.1 Å². The van der Waals surface area contributed by atoms with E-state index >= 15 is 0 Å². The molecule has 0 unspecified atom stereocenters. The van der Waals surface area contributed by atoms with Gasteiger partial charge in [-0.25, -0.2) is 10.1 Å². The summed E-state index contributed by atoms with van der Waals surface area (Å²) in [6.07, 6.45) is 0. The molecule has 1 aromatic heterocycles. The minimum atomic E-state index is -0.598. The quantitative estimate of drug-likeness (QED) is 0.269. The van der Waals surface area contributed by atoms with E-state index in [0.717, 1.165) is 5.56 Å². The summed E-state index contributed by atoms with van der Waals surface area (Å²) < 4.78 is 1.26. The Bertz CT molecular complexity index is 1490. The van der Waals surface area contributed by atoms with Gasteiger partial charge < -0.3 is 0 Å². The molecule has 0 atom stereocenters. The minimum absolute atomic E-state index is 0.0287. The first kappa shape index (κ1) is 22.5. The van der Waals surface area contributed by atoms with Crippen LogP contribution in [0, 0.1) is 17.0 Å². The number of nitrogens with one attached hydrogen (secondary N) is 1. The van der Waals surface area contributed by atoms with E-state index in [9.17, 15) is 19.7 Å². The summed E-state index contributed by atoms with van der Waals surface area (Å²) in [7, 11) is 0. The number of carbonyl (C=O) groups excluding carboxylic acids is 1. The van der Waals surface area contributed by atoms with Gasteiger partial charge in [-0.2, -0.15) is 10.2 Å². The zero-order valence-electron chi connectivity index (χ0n) is 18.6. The van der Waals surface area contributed by atoms with E-state index in [-0.39, 0.29) is 23.5 Å². The Balaban J connectivity index is 1.68. The number of benzene rings is 3. The highest BCUT2D eigenvalue weighted by Gasteiger charge is 2.17. The summed E-state index contributed by atoms with van der Waals surface area (Å²) in [6, 6.07) is 20.8. The lowest BCUT2D eigenvalue weighted by Gasteiger charge is -2.10. The first-order valence-corrected chi connectivity index (χ1v) is 10.5. The van der Waals surface area contributed by atoms with Crippen LogP contribution in [-0.4, -0.2) is 26.3 Å². The van der Waals surface area contributed by atoms with Gasteiger partial charge in [-0.1, -0.05) is 60.7 Å². The highest BCUT2D eigenvalue weighted by atomic mass is 16.6. The Morgan fingerprint density at radius 1 is 1.06 bits per heavy atom. The smallest absolute Gasteiger partial charge is 0.267 e. The average molecular weight is 455 g/mol. The number of carbonyl (C=O) groups is 1. The molecule has 0 aliphatic rings. The van der Waals surface area contributed by atoms with E-state index in [2.05, 4.69) is 15.6 Å². The van der Waals surface area contributed by atoms with Crippen molar-refractivity contribution < 1.29 is 9.72 Å². The summed E-state index contributed by atoms with van der Waals surface area (Å²) in [6.45, 7) is 3.49. The zero-order valence-corrected chi connectivity index (χ0v) is 18.6. The molecule has 0 aliphatic heterocycles. The van der Waals surface area contributed by atoms with E-state index in [0.29, 0.717) is 27.6 Å². The maximum absolute atomic E-state index is 13.0. The lowest BCUT2D eigenvalue weighted by molar-refractivity contribution is -0.385. The highest BCUT2D eigenvalue weighted by molar-refractivity contribution is 6.06. The molecule has 34 heavy (non-hydrogen) atoms. The third-order valence-corrected chi connectivity index (χ3v) is 5.41. The first-order valence-electron chi connectivity index (χ1n) is 10.5. The second-order valence-electron chi connectivity index (χ2n) is 7.74. The van der Waals surface area contributed by atoms with Crippen molar-refractivity contribution in [1.82, 2.24) is 15.2 Å². The van der Waals surface area contributed by atoms with Crippen molar-refractivity contribution in [3.05, 3.63) is 116 Å². The van der Waals surface area contributed by atoms with Gasteiger partial charge in [-0.05, 0) is 25.5 Å². The Hall–Kier alpha value is -4.66. The van der Waals surface area contributed by atoms with Crippen LogP contribution in [0.1, 0.15) is 34.1 Å². The lowest BCUT2D eigenvalue weighted by atomic mass is 10.1. The number of hydrogen-bond acceptors (Lipinski definition) is 6. The third-order valence-electron chi connectivity index (χ3n) is 5.41. The number of hydrogen-bond donors (Lipinski definition) is 1. The molecular formula is C25H21N5O4. The van der Waals surface area contributed by atoms with E-state index < -0.39 is 10.8 Å². The number of amides is 1. The Labute approximate surface area is 194 Å². The SMILES string of the molecule is CC(=NNC(=O)c1nn(Cc2ccccc2)c(=O)c2ccccc12)c1ccc(C)c([N+](=O)[O-])c1. The molecule has 0 saturated heterocycles. The molecule has 1 N–H and O–H groups in total. The third kappa shape index (κ3) is 4.58. The normalized spacial score (nSPS) is 11.4. The molecule has 4 rings (SSSR count). The highest BCUT2D eigenvalue weighted by Crippen LogP contribution is 2.20. The van der Waals surface area contributed by atoms with Crippen LogP contribution in [0.25, 0.3) is 10.8 Å². The molecule has 9 nitrogen and oxygen atoms in total. The van der Waals surface area contributed by atoms with Crippen LogP contribution in [0.5, 0.6) is 0 Å². The second kappa shape index (κ2) is 9.45.